The van der Waals surface area contributed by atoms with Crippen molar-refractivity contribution < 1.29 is 32.3 Å². The number of carbonyl (C=O) groups excluding carboxylic acids is 3. The van der Waals surface area contributed by atoms with E-state index in [0.29, 0.717) is 5.56 Å². The lowest BCUT2D eigenvalue weighted by Gasteiger charge is -2.16. The zero-order valence-corrected chi connectivity index (χ0v) is 13.6. The maximum atomic E-state index is 12.5. The van der Waals surface area contributed by atoms with Crippen molar-refractivity contribution in [2.45, 2.75) is 38.4 Å². The van der Waals surface area contributed by atoms with Crippen molar-refractivity contribution in [3.8, 4) is 0 Å². The number of rotatable bonds is 8. The first-order valence-corrected chi connectivity index (χ1v) is 7.54. The summed E-state index contributed by atoms with van der Waals surface area (Å²) in [7, 11) is 0. The van der Waals surface area contributed by atoms with Crippen molar-refractivity contribution in [3.63, 3.8) is 0 Å². The molecule has 0 unspecified atom stereocenters. The van der Waals surface area contributed by atoms with Crippen molar-refractivity contribution >= 4 is 17.8 Å². The number of esters is 1. The molecule has 0 aliphatic heterocycles. The van der Waals surface area contributed by atoms with Gasteiger partial charge in [0.05, 0.1) is 18.6 Å². The van der Waals surface area contributed by atoms with Crippen LogP contribution in [0.2, 0.25) is 0 Å². The number of primary amides is 1. The Kier molecular flexibility index (Phi) is 7.41. The summed E-state index contributed by atoms with van der Waals surface area (Å²) in [6.07, 6.45) is -4.84. The van der Waals surface area contributed by atoms with Crippen molar-refractivity contribution in [2.75, 3.05) is 6.61 Å². The van der Waals surface area contributed by atoms with Crippen LogP contribution in [0.25, 0.3) is 0 Å². The fourth-order valence-electron chi connectivity index (χ4n) is 2.00. The molecule has 0 fully saturated rings. The summed E-state index contributed by atoms with van der Waals surface area (Å²) in [5.74, 6) is -1.95. The number of hydrogen-bond donors (Lipinski definition) is 2. The van der Waals surface area contributed by atoms with Crippen molar-refractivity contribution in [2.24, 2.45) is 5.73 Å². The molecule has 1 aromatic rings. The van der Waals surface area contributed by atoms with E-state index in [4.69, 9.17) is 5.73 Å². The van der Waals surface area contributed by atoms with Crippen LogP contribution in [0, 0.1) is 0 Å². The summed E-state index contributed by atoms with van der Waals surface area (Å²) >= 11 is 0. The van der Waals surface area contributed by atoms with E-state index < -0.39 is 35.6 Å². The number of carbonyl (C=O) groups is 3. The zero-order chi connectivity index (χ0) is 19.0. The van der Waals surface area contributed by atoms with Gasteiger partial charge in [0.25, 0.3) is 0 Å². The van der Waals surface area contributed by atoms with Crippen molar-refractivity contribution in [3.05, 3.63) is 35.4 Å². The van der Waals surface area contributed by atoms with Crippen LogP contribution in [0.15, 0.2) is 24.3 Å². The number of alkyl halides is 3. The lowest BCUT2D eigenvalue weighted by molar-refractivity contribution is -0.144. The highest BCUT2D eigenvalue weighted by Crippen LogP contribution is 2.29. The van der Waals surface area contributed by atoms with Gasteiger partial charge in [-0.1, -0.05) is 12.1 Å². The molecule has 3 N–H and O–H groups in total. The molecule has 0 bridgehead atoms. The highest BCUT2D eigenvalue weighted by Gasteiger charge is 2.30. The molecule has 6 nitrogen and oxygen atoms in total. The molecule has 25 heavy (non-hydrogen) atoms. The number of halogens is 3. The fourth-order valence-corrected chi connectivity index (χ4v) is 2.00. The quantitative estimate of drug-likeness (QED) is 0.688. The molecule has 0 saturated carbocycles. The predicted molar refractivity (Wildman–Crippen MR) is 82.1 cm³/mol. The van der Waals surface area contributed by atoms with Crippen molar-refractivity contribution in [1.82, 2.24) is 5.32 Å². The maximum Gasteiger partial charge on any atom is 0.416 e. The first-order chi connectivity index (χ1) is 11.6. The highest BCUT2D eigenvalue weighted by molar-refractivity contribution is 5.88. The average Bonchev–Trinajstić information content (AvgIpc) is 2.52. The lowest BCUT2D eigenvalue weighted by Crippen LogP contribution is -2.45. The van der Waals surface area contributed by atoms with Gasteiger partial charge in [-0.05, 0) is 24.6 Å². The molecule has 0 heterocycles. The number of benzene rings is 1. The third-order valence-corrected chi connectivity index (χ3v) is 3.26. The third kappa shape index (κ3) is 7.23. The Balaban J connectivity index is 2.64. The normalized spacial score (nSPS) is 12.3. The molecular formula is C16H19F3N2O4. The minimum Gasteiger partial charge on any atom is -0.466 e. The Morgan fingerprint density at radius 2 is 1.76 bits per heavy atom. The topological polar surface area (TPSA) is 98.5 Å². The largest absolute Gasteiger partial charge is 0.466 e. The Morgan fingerprint density at radius 1 is 1.16 bits per heavy atom. The first-order valence-electron chi connectivity index (χ1n) is 7.54. The van der Waals surface area contributed by atoms with Gasteiger partial charge < -0.3 is 15.8 Å². The van der Waals surface area contributed by atoms with E-state index in [-0.39, 0.29) is 25.9 Å². The van der Waals surface area contributed by atoms with Gasteiger partial charge in [-0.3, -0.25) is 14.4 Å². The summed E-state index contributed by atoms with van der Waals surface area (Å²) in [4.78, 5) is 34.4. The van der Waals surface area contributed by atoms with Crippen LogP contribution in [0.4, 0.5) is 13.2 Å². The monoisotopic (exact) mass is 360 g/mol. The van der Waals surface area contributed by atoms with Gasteiger partial charge in [0.15, 0.2) is 0 Å². The number of amides is 2. The van der Waals surface area contributed by atoms with Crippen molar-refractivity contribution in [1.29, 1.82) is 0 Å². The van der Waals surface area contributed by atoms with Crippen LogP contribution in [0.3, 0.4) is 0 Å². The van der Waals surface area contributed by atoms with Gasteiger partial charge in [0.2, 0.25) is 11.8 Å². The maximum absolute atomic E-state index is 12.5. The first kappa shape index (κ1) is 20.5. The van der Waals surface area contributed by atoms with Crippen LogP contribution in [-0.2, 0) is 31.7 Å². The smallest absolute Gasteiger partial charge is 0.416 e. The lowest BCUT2D eigenvalue weighted by atomic mass is 10.0. The second-order valence-corrected chi connectivity index (χ2v) is 5.23. The Labute approximate surface area is 142 Å². The summed E-state index contributed by atoms with van der Waals surface area (Å²) < 4.78 is 42.2. The molecule has 0 radical (unpaired) electrons. The minimum absolute atomic E-state index is 0.0569. The molecule has 2 amide bonds. The molecule has 1 aromatic carbocycles. The Bertz CT molecular complexity index is 615. The minimum atomic E-state index is -4.46. The summed E-state index contributed by atoms with van der Waals surface area (Å²) in [5.41, 5.74) is 4.80. The Morgan fingerprint density at radius 3 is 2.24 bits per heavy atom. The molecule has 0 saturated heterocycles. The molecule has 0 aliphatic carbocycles. The molecule has 0 aliphatic rings. The summed E-state index contributed by atoms with van der Waals surface area (Å²) in [6.45, 7) is 1.82. The van der Waals surface area contributed by atoms with Crippen LogP contribution in [0.1, 0.15) is 30.9 Å². The zero-order valence-electron chi connectivity index (χ0n) is 13.6. The van der Waals surface area contributed by atoms with E-state index in [0.717, 1.165) is 12.1 Å². The molecular weight excluding hydrogens is 341 g/mol. The standard InChI is InChI=1S/C16H19F3N2O4/c1-2-25-14(23)8-7-13(22)21-12(15(20)24)9-10-3-5-11(6-4-10)16(17,18)19/h3-6,12H,2,7-9H2,1H3,(H2,20,24)(H,21,22)/t12-/m0/s1. The average molecular weight is 360 g/mol. The van der Waals surface area contributed by atoms with E-state index in [2.05, 4.69) is 10.1 Å². The van der Waals surface area contributed by atoms with Gasteiger partial charge in [0, 0.05) is 12.8 Å². The molecule has 138 valence electrons. The number of nitrogens with one attached hydrogen (secondary N) is 1. The molecule has 0 aromatic heterocycles. The van der Waals surface area contributed by atoms with Crippen LogP contribution in [0.5, 0.6) is 0 Å². The van der Waals surface area contributed by atoms with Gasteiger partial charge in [-0.25, -0.2) is 0 Å². The summed E-state index contributed by atoms with van der Waals surface area (Å²) in [5, 5.41) is 2.36. The third-order valence-electron chi connectivity index (χ3n) is 3.26. The van der Waals surface area contributed by atoms with Gasteiger partial charge >= 0.3 is 12.1 Å². The number of ether oxygens (including phenoxy) is 1. The number of nitrogens with two attached hydrogens (primary N) is 1. The van der Waals surface area contributed by atoms with Crippen LogP contribution >= 0.6 is 0 Å². The Hall–Kier alpha value is -2.58. The highest BCUT2D eigenvalue weighted by atomic mass is 19.4. The predicted octanol–water partition coefficient (Wildman–Crippen LogP) is 1.56. The van der Waals surface area contributed by atoms with Gasteiger partial charge in [-0.2, -0.15) is 13.2 Å². The van der Waals surface area contributed by atoms with E-state index in [1.807, 2.05) is 0 Å². The van der Waals surface area contributed by atoms with E-state index in [1.165, 1.54) is 12.1 Å². The second-order valence-electron chi connectivity index (χ2n) is 5.23. The molecule has 1 rings (SSSR count). The van der Waals surface area contributed by atoms with Crippen LogP contribution in [-0.4, -0.2) is 30.4 Å². The fraction of sp³-hybridized carbons (Fsp3) is 0.438. The second kappa shape index (κ2) is 9.05. The van der Waals surface area contributed by atoms with E-state index >= 15 is 0 Å². The van der Waals surface area contributed by atoms with E-state index in [1.54, 1.807) is 6.92 Å². The van der Waals surface area contributed by atoms with Gasteiger partial charge in [-0.15, -0.1) is 0 Å². The molecule has 1 atom stereocenters. The van der Waals surface area contributed by atoms with Gasteiger partial charge in [0.1, 0.15) is 6.04 Å². The number of hydrogen-bond acceptors (Lipinski definition) is 4. The molecule has 0 spiro atoms. The SMILES string of the molecule is CCOC(=O)CCC(=O)N[C@@H](Cc1ccc(C(F)(F)F)cc1)C(N)=O. The van der Waals surface area contributed by atoms with E-state index in [9.17, 15) is 27.6 Å². The summed E-state index contributed by atoms with van der Waals surface area (Å²) in [6, 6.07) is 3.10. The van der Waals surface area contributed by atoms with Crippen LogP contribution < -0.4 is 11.1 Å². The molecule has 9 heteroatoms.